The number of hydrogen-bond donors (Lipinski definition) is 3. The third-order valence-electron chi connectivity index (χ3n) is 2.25. The van der Waals surface area contributed by atoms with Gasteiger partial charge in [0.1, 0.15) is 5.82 Å². The molecule has 1 amide bonds. The summed E-state index contributed by atoms with van der Waals surface area (Å²) >= 11 is 0. The number of hydrogen-bond acceptors (Lipinski definition) is 7. The molecule has 8 nitrogen and oxygen atoms in total. The van der Waals surface area contributed by atoms with E-state index in [9.17, 15) is 14.4 Å². The monoisotopic (exact) mass is 265 g/mol. The van der Waals surface area contributed by atoms with E-state index in [2.05, 4.69) is 14.9 Å². The number of benzene rings is 1. The predicted molar refractivity (Wildman–Crippen MR) is 59.9 cm³/mol. The second kappa shape index (κ2) is 4.82. The van der Waals surface area contributed by atoms with Crippen molar-refractivity contribution in [1.29, 1.82) is 5.41 Å². The molecule has 0 radical (unpaired) electrons. The maximum atomic E-state index is 13.4. The molecule has 0 atom stereocenters. The van der Waals surface area contributed by atoms with E-state index in [1.807, 2.05) is 0 Å². The molecule has 1 aromatic carbocycles. The Hall–Kier alpha value is -2.81. The van der Waals surface area contributed by atoms with Gasteiger partial charge in [-0.15, -0.1) is 0 Å². The van der Waals surface area contributed by atoms with E-state index < -0.39 is 23.1 Å². The SMILES string of the molecule is N=C(c1nonc1N)N(O)C(=O)c1ccccc1F. The fourth-order valence-corrected chi connectivity index (χ4v) is 1.31. The van der Waals surface area contributed by atoms with E-state index in [1.165, 1.54) is 18.2 Å². The van der Waals surface area contributed by atoms with Crippen LogP contribution in [-0.2, 0) is 0 Å². The highest BCUT2D eigenvalue weighted by Gasteiger charge is 2.25. The summed E-state index contributed by atoms with van der Waals surface area (Å²) in [6.07, 6.45) is 0. The van der Waals surface area contributed by atoms with Crippen LogP contribution in [0, 0.1) is 11.2 Å². The quantitative estimate of drug-likeness (QED) is 0.316. The summed E-state index contributed by atoms with van der Waals surface area (Å²) in [6, 6.07) is 5.02. The molecular formula is C10H8FN5O3. The minimum absolute atomic E-state index is 0.0890. The number of halogens is 1. The van der Waals surface area contributed by atoms with Crippen molar-refractivity contribution in [2.24, 2.45) is 0 Å². The van der Waals surface area contributed by atoms with Crippen molar-refractivity contribution in [1.82, 2.24) is 15.4 Å². The number of anilines is 1. The molecule has 0 fully saturated rings. The fraction of sp³-hybridized carbons (Fsp3) is 0. The summed E-state index contributed by atoms with van der Waals surface area (Å²) in [5.41, 5.74) is 4.59. The molecular weight excluding hydrogens is 257 g/mol. The minimum Gasteiger partial charge on any atom is -0.379 e. The first-order chi connectivity index (χ1) is 9.02. The van der Waals surface area contributed by atoms with Crippen LogP contribution in [0.3, 0.4) is 0 Å². The molecule has 1 heterocycles. The summed E-state index contributed by atoms with van der Waals surface area (Å²) in [5, 5.41) is 23.5. The first-order valence-electron chi connectivity index (χ1n) is 4.97. The van der Waals surface area contributed by atoms with Crippen LogP contribution in [0.5, 0.6) is 0 Å². The standard InChI is InChI=1S/C10H8FN5O3/c11-6-4-2-1-3-5(6)10(17)16(18)9(13)7-8(12)15-19-14-7/h1-4,13,18H,(H2,12,15). The van der Waals surface area contributed by atoms with E-state index in [4.69, 9.17) is 11.1 Å². The lowest BCUT2D eigenvalue weighted by molar-refractivity contribution is -0.00372. The molecule has 2 aromatic rings. The molecule has 0 spiro atoms. The molecule has 2 rings (SSSR count). The Kier molecular flexibility index (Phi) is 3.21. The topological polar surface area (TPSA) is 129 Å². The number of carbonyl (C=O) groups excluding carboxylic acids is 1. The highest BCUT2D eigenvalue weighted by Crippen LogP contribution is 2.12. The van der Waals surface area contributed by atoms with Gasteiger partial charge >= 0.3 is 0 Å². The van der Waals surface area contributed by atoms with Crippen molar-refractivity contribution in [2.75, 3.05) is 5.73 Å². The molecule has 0 aliphatic heterocycles. The van der Waals surface area contributed by atoms with Gasteiger partial charge in [-0.2, -0.15) is 5.06 Å². The molecule has 0 saturated heterocycles. The maximum absolute atomic E-state index is 13.4. The second-order valence-corrected chi connectivity index (χ2v) is 3.44. The average molecular weight is 265 g/mol. The van der Waals surface area contributed by atoms with Crippen molar-refractivity contribution in [3.8, 4) is 0 Å². The number of rotatable bonds is 2. The molecule has 19 heavy (non-hydrogen) atoms. The van der Waals surface area contributed by atoms with Gasteiger partial charge in [0.25, 0.3) is 5.91 Å². The lowest BCUT2D eigenvalue weighted by Gasteiger charge is -2.14. The summed E-state index contributed by atoms with van der Waals surface area (Å²) in [7, 11) is 0. The zero-order valence-electron chi connectivity index (χ0n) is 9.37. The van der Waals surface area contributed by atoms with Crippen molar-refractivity contribution >= 4 is 17.6 Å². The largest absolute Gasteiger partial charge is 0.379 e. The van der Waals surface area contributed by atoms with Gasteiger partial charge in [0.15, 0.2) is 17.3 Å². The molecule has 0 aliphatic rings. The van der Waals surface area contributed by atoms with Gasteiger partial charge < -0.3 is 5.73 Å². The first kappa shape index (κ1) is 12.6. The van der Waals surface area contributed by atoms with Crippen molar-refractivity contribution < 1.29 is 19.0 Å². The summed E-state index contributed by atoms with van der Waals surface area (Å²) in [5.74, 6) is -3.01. The number of carbonyl (C=O) groups is 1. The minimum atomic E-state index is -1.13. The molecule has 0 aliphatic carbocycles. The Bertz CT molecular complexity index is 642. The van der Waals surface area contributed by atoms with Crippen molar-refractivity contribution in [3.05, 3.63) is 41.3 Å². The lowest BCUT2D eigenvalue weighted by Crippen LogP contribution is -2.35. The highest BCUT2D eigenvalue weighted by atomic mass is 19.1. The van der Waals surface area contributed by atoms with E-state index in [0.29, 0.717) is 0 Å². The number of aromatic nitrogens is 2. The summed E-state index contributed by atoms with van der Waals surface area (Å²) in [6.45, 7) is 0. The first-order valence-corrected chi connectivity index (χ1v) is 4.97. The molecule has 0 bridgehead atoms. The number of nitrogens with one attached hydrogen (secondary N) is 1. The number of nitrogens with two attached hydrogens (primary N) is 1. The zero-order valence-corrected chi connectivity index (χ0v) is 9.37. The van der Waals surface area contributed by atoms with Crippen molar-refractivity contribution in [3.63, 3.8) is 0 Å². The van der Waals surface area contributed by atoms with Crippen LogP contribution in [0.4, 0.5) is 10.2 Å². The van der Waals surface area contributed by atoms with Crippen LogP contribution in [0.15, 0.2) is 28.9 Å². The Morgan fingerprint density at radius 3 is 2.68 bits per heavy atom. The Balaban J connectivity index is 2.28. The second-order valence-electron chi connectivity index (χ2n) is 3.44. The summed E-state index contributed by atoms with van der Waals surface area (Å²) < 4.78 is 17.6. The van der Waals surface area contributed by atoms with Gasteiger partial charge in [-0.1, -0.05) is 12.1 Å². The van der Waals surface area contributed by atoms with E-state index in [-0.39, 0.29) is 16.6 Å². The molecule has 0 saturated carbocycles. The van der Waals surface area contributed by atoms with E-state index in [1.54, 1.807) is 0 Å². The molecule has 9 heteroatoms. The Morgan fingerprint density at radius 2 is 2.11 bits per heavy atom. The van der Waals surface area contributed by atoms with Gasteiger partial charge in [-0.25, -0.2) is 9.02 Å². The van der Waals surface area contributed by atoms with Gasteiger partial charge in [-0.05, 0) is 22.4 Å². The number of nitrogen functional groups attached to an aromatic ring is 1. The van der Waals surface area contributed by atoms with Crippen LogP contribution in [0.2, 0.25) is 0 Å². The Morgan fingerprint density at radius 1 is 1.42 bits per heavy atom. The third-order valence-corrected chi connectivity index (χ3v) is 2.25. The van der Waals surface area contributed by atoms with Crippen molar-refractivity contribution in [2.45, 2.75) is 0 Å². The highest BCUT2D eigenvalue weighted by molar-refractivity contribution is 6.10. The average Bonchev–Trinajstić information content (AvgIpc) is 2.83. The number of nitrogens with zero attached hydrogens (tertiary/aromatic N) is 3. The van der Waals surface area contributed by atoms with Gasteiger partial charge in [0, 0.05) is 0 Å². The van der Waals surface area contributed by atoms with Crippen LogP contribution < -0.4 is 5.73 Å². The molecule has 4 N–H and O–H groups in total. The Labute approximate surface area is 105 Å². The predicted octanol–water partition coefficient (Wildman–Crippen LogP) is 0.648. The third kappa shape index (κ3) is 2.26. The van der Waals surface area contributed by atoms with Gasteiger partial charge in [0.05, 0.1) is 5.56 Å². The number of hydroxylamine groups is 2. The maximum Gasteiger partial charge on any atom is 0.286 e. The molecule has 0 unspecified atom stereocenters. The lowest BCUT2D eigenvalue weighted by atomic mass is 10.2. The zero-order chi connectivity index (χ0) is 14.0. The smallest absolute Gasteiger partial charge is 0.286 e. The fourth-order valence-electron chi connectivity index (χ4n) is 1.31. The number of amidine groups is 1. The summed E-state index contributed by atoms with van der Waals surface area (Å²) in [4.78, 5) is 11.8. The number of amides is 1. The normalized spacial score (nSPS) is 10.2. The van der Waals surface area contributed by atoms with Gasteiger partial charge in [-0.3, -0.25) is 15.4 Å². The molecule has 1 aromatic heterocycles. The van der Waals surface area contributed by atoms with Crippen LogP contribution in [0.1, 0.15) is 16.1 Å². The van der Waals surface area contributed by atoms with Crippen LogP contribution in [-0.4, -0.2) is 32.3 Å². The van der Waals surface area contributed by atoms with Gasteiger partial charge in [0.2, 0.25) is 0 Å². The van der Waals surface area contributed by atoms with E-state index in [0.717, 1.165) is 6.07 Å². The van der Waals surface area contributed by atoms with Crippen LogP contribution in [0.25, 0.3) is 0 Å². The van der Waals surface area contributed by atoms with E-state index >= 15 is 0 Å². The molecule has 98 valence electrons. The van der Waals surface area contributed by atoms with Crippen LogP contribution >= 0.6 is 0 Å².